The van der Waals surface area contributed by atoms with Crippen molar-refractivity contribution < 1.29 is 9.59 Å². The number of amides is 3. The van der Waals surface area contributed by atoms with Crippen molar-refractivity contribution in [2.24, 2.45) is 5.92 Å². The maximum Gasteiger partial charge on any atom is 0.321 e. The van der Waals surface area contributed by atoms with Crippen LogP contribution >= 0.6 is 23.1 Å². The molecule has 2 heterocycles. The molecule has 140 valence electrons. The highest BCUT2D eigenvalue weighted by molar-refractivity contribution is 8.00. The minimum atomic E-state index is -0.459. The highest BCUT2D eigenvalue weighted by Crippen LogP contribution is 2.42. The standard InChI is InChI=1S/C17H23N5O2S2/c1-10(2)9-18-16(24)19-15(23)11(3)26-17-21-20-14(13-5-4-8-25-13)22(17)12-6-7-12/h4-5,8,10-12H,6-7,9H2,1-3H3,(H2,18,19,23,24)/t11-/m0/s1. The molecule has 0 spiro atoms. The third-order valence-corrected chi connectivity index (χ3v) is 5.80. The van der Waals surface area contributed by atoms with Crippen molar-refractivity contribution in [1.82, 2.24) is 25.4 Å². The van der Waals surface area contributed by atoms with Gasteiger partial charge in [0.15, 0.2) is 11.0 Å². The molecule has 0 radical (unpaired) electrons. The fourth-order valence-corrected chi connectivity index (χ4v) is 3.98. The first-order valence-electron chi connectivity index (χ1n) is 8.69. The Kier molecular flexibility index (Phi) is 5.98. The van der Waals surface area contributed by atoms with Crippen LogP contribution in [0.2, 0.25) is 0 Å². The van der Waals surface area contributed by atoms with E-state index in [9.17, 15) is 9.59 Å². The summed E-state index contributed by atoms with van der Waals surface area (Å²) in [7, 11) is 0. The van der Waals surface area contributed by atoms with Gasteiger partial charge in [0, 0.05) is 12.6 Å². The number of rotatable bonds is 7. The smallest absolute Gasteiger partial charge is 0.321 e. The SMILES string of the molecule is CC(C)CNC(=O)NC(=O)[C@H](C)Sc1nnc(-c2cccs2)n1C1CC1. The Morgan fingerprint density at radius 3 is 2.73 bits per heavy atom. The van der Waals surface area contributed by atoms with Crippen LogP contribution in [0.3, 0.4) is 0 Å². The molecule has 7 nitrogen and oxygen atoms in total. The van der Waals surface area contributed by atoms with Crippen LogP contribution in [0.1, 0.15) is 39.7 Å². The normalized spacial score (nSPS) is 15.1. The van der Waals surface area contributed by atoms with Gasteiger partial charge in [-0.15, -0.1) is 21.5 Å². The highest BCUT2D eigenvalue weighted by Gasteiger charge is 2.32. The van der Waals surface area contributed by atoms with Crippen molar-refractivity contribution in [3.8, 4) is 10.7 Å². The Labute approximate surface area is 161 Å². The molecule has 3 amide bonds. The summed E-state index contributed by atoms with van der Waals surface area (Å²) in [5.74, 6) is 0.849. The van der Waals surface area contributed by atoms with Gasteiger partial charge >= 0.3 is 6.03 Å². The van der Waals surface area contributed by atoms with Gasteiger partial charge in [-0.05, 0) is 37.1 Å². The maximum atomic E-state index is 12.3. The fourth-order valence-electron chi connectivity index (χ4n) is 2.36. The Bertz CT molecular complexity index is 768. The zero-order valence-corrected chi connectivity index (χ0v) is 16.7. The predicted molar refractivity (Wildman–Crippen MR) is 103 cm³/mol. The van der Waals surface area contributed by atoms with Crippen LogP contribution in [0, 0.1) is 5.92 Å². The van der Waals surface area contributed by atoms with E-state index in [-0.39, 0.29) is 5.91 Å². The zero-order valence-electron chi connectivity index (χ0n) is 15.1. The number of thiophene rings is 1. The molecule has 1 fully saturated rings. The molecular weight excluding hydrogens is 370 g/mol. The van der Waals surface area contributed by atoms with E-state index < -0.39 is 11.3 Å². The lowest BCUT2D eigenvalue weighted by Crippen LogP contribution is -2.43. The zero-order chi connectivity index (χ0) is 18.7. The maximum absolute atomic E-state index is 12.3. The highest BCUT2D eigenvalue weighted by atomic mass is 32.2. The third-order valence-electron chi connectivity index (χ3n) is 3.88. The summed E-state index contributed by atoms with van der Waals surface area (Å²) in [5, 5.41) is 16.0. The summed E-state index contributed by atoms with van der Waals surface area (Å²) >= 11 is 2.96. The first kappa shape index (κ1) is 18.9. The lowest BCUT2D eigenvalue weighted by molar-refractivity contribution is -0.119. The molecule has 0 aliphatic heterocycles. The number of carbonyl (C=O) groups excluding carboxylic acids is 2. The van der Waals surface area contributed by atoms with Gasteiger partial charge in [-0.25, -0.2) is 4.79 Å². The molecule has 2 N–H and O–H groups in total. The van der Waals surface area contributed by atoms with Gasteiger partial charge in [-0.1, -0.05) is 31.7 Å². The number of nitrogens with one attached hydrogen (secondary N) is 2. The topological polar surface area (TPSA) is 88.9 Å². The quantitative estimate of drug-likeness (QED) is 0.705. The van der Waals surface area contributed by atoms with Gasteiger partial charge in [0.05, 0.1) is 10.1 Å². The third kappa shape index (κ3) is 4.64. The number of carbonyl (C=O) groups is 2. The van der Waals surface area contributed by atoms with Crippen molar-refractivity contribution in [3.63, 3.8) is 0 Å². The molecule has 9 heteroatoms. The molecule has 1 saturated carbocycles. The number of hydrogen-bond donors (Lipinski definition) is 2. The van der Waals surface area contributed by atoms with E-state index >= 15 is 0 Å². The Morgan fingerprint density at radius 2 is 2.12 bits per heavy atom. The van der Waals surface area contributed by atoms with Crippen molar-refractivity contribution in [1.29, 1.82) is 0 Å². The fraction of sp³-hybridized carbons (Fsp3) is 0.529. The molecule has 0 saturated heterocycles. The minimum absolute atomic E-state index is 0.329. The molecule has 2 aromatic rings. The van der Waals surface area contributed by atoms with E-state index in [1.807, 2.05) is 31.4 Å². The summed E-state index contributed by atoms with van der Waals surface area (Å²) in [6.07, 6.45) is 2.20. The van der Waals surface area contributed by atoms with Gasteiger partial charge < -0.3 is 5.32 Å². The molecule has 26 heavy (non-hydrogen) atoms. The van der Waals surface area contributed by atoms with Crippen molar-refractivity contribution in [2.75, 3.05) is 6.54 Å². The van der Waals surface area contributed by atoms with Crippen molar-refractivity contribution >= 4 is 35.0 Å². The molecule has 2 aromatic heterocycles. The summed E-state index contributed by atoms with van der Waals surface area (Å²) in [6, 6.07) is 3.95. The molecule has 0 unspecified atom stereocenters. The van der Waals surface area contributed by atoms with Crippen LogP contribution in [0.25, 0.3) is 10.7 Å². The van der Waals surface area contributed by atoms with Gasteiger partial charge in [-0.3, -0.25) is 14.7 Å². The van der Waals surface area contributed by atoms with Crippen molar-refractivity contribution in [2.45, 2.75) is 50.1 Å². The lowest BCUT2D eigenvalue weighted by Gasteiger charge is -2.13. The predicted octanol–water partition coefficient (Wildman–Crippen LogP) is 3.30. The number of imide groups is 1. The second-order valence-corrected chi connectivity index (χ2v) is 8.99. The summed E-state index contributed by atoms with van der Waals surface area (Å²) in [6.45, 7) is 6.29. The summed E-state index contributed by atoms with van der Waals surface area (Å²) < 4.78 is 2.12. The number of urea groups is 1. The van der Waals surface area contributed by atoms with E-state index in [2.05, 4.69) is 25.4 Å². The van der Waals surface area contributed by atoms with Crippen LogP contribution in [-0.2, 0) is 4.79 Å². The van der Waals surface area contributed by atoms with E-state index in [4.69, 9.17) is 0 Å². The first-order chi connectivity index (χ1) is 12.5. The number of hydrogen-bond acceptors (Lipinski definition) is 6. The molecule has 1 atom stereocenters. The summed E-state index contributed by atoms with van der Waals surface area (Å²) in [4.78, 5) is 25.1. The minimum Gasteiger partial charge on any atom is -0.338 e. The monoisotopic (exact) mass is 393 g/mol. The van der Waals surface area contributed by atoms with Crippen LogP contribution < -0.4 is 10.6 Å². The number of aromatic nitrogens is 3. The van der Waals surface area contributed by atoms with E-state index in [1.54, 1.807) is 18.3 Å². The van der Waals surface area contributed by atoms with Gasteiger partial charge in [-0.2, -0.15) is 0 Å². The molecule has 3 rings (SSSR count). The van der Waals surface area contributed by atoms with Gasteiger partial charge in [0.1, 0.15) is 0 Å². The van der Waals surface area contributed by atoms with E-state index in [0.29, 0.717) is 18.5 Å². The average Bonchev–Trinajstić information content (AvgIpc) is 3.12. The second-order valence-electron chi connectivity index (χ2n) is 6.74. The van der Waals surface area contributed by atoms with Crippen LogP contribution in [-0.4, -0.2) is 38.5 Å². The van der Waals surface area contributed by atoms with E-state index in [0.717, 1.165) is 28.7 Å². The molecule has 1 aliphatic carbocycles. The number of thioether (sulfide) groups is 1. The average molecular weight is 394 g/mol. The van der Waals surface area contributed by atoms with Crippen molar-refractivity contribution in [3.05, 3.63) is 17.5 Å². The van der Waals surface area contributed by atoms with Gasteiger partial charge in [0.25, 0.3) is 0 Å². The summed E-state index contributed by atoms with van der Waals surface area (Å²) in [5.41, 5.74) is 0. The first-order valence-corrected chi connectivity index (χ1v) is 10.5. The van der Waals surface area contributed by atoms with Crippen LogP contribution in [0.15, 0.2) is 22.7 Å². The molecular formula is C17H23N5O2S2. The van der Waals surface area contributed by atoms with Crippen LogP contribution in [0.5, 0.6) is 0 Å². The number of nitrogens with zero attached hydrogens (tertiary/aromatic N) is 3. The van der Waals surface area contributed by atoms with Crippen LogP contribution in [0.4, 0.5) is 4.79 Å². The molecule has 0 bridgehead atoms. The Balaban J connectivity index is 1.65. The molecule has 0 aromatic carbocycles. The Morgan fingerprint density at radius 1 is 1.35 bits per heavy atom. The molecule has 1 aliphatic rings. The largest absolute Gasteiger partial charge is 0.338 e. The lowest BCUT2D eigenvalue weighted by atomic mass is 10.2. The van der Waals surface area contributed by atoms with E-state index in [1.165, 1.54) is 11.8 Å². The second kappa shape index (κ2) is 8.22. The van der Waals surface area contributed by atoms with Gasteiger partial charge in [0.2, 0.25) is 5.91 Å². The Hall–Kier alpha value is -1.87.